The number of carboxylic acid groups (broad SMARTS) is 2. The second-order valence-corrected chi connectivity index (χ2v) is 11.3. The topological polar surface area (TPSA) is 156 Å². The summed E-state index contributed by atoms with van der Waals surface area (Å²) >= 11 is 1.35. The van der Waals surface area contributed by atoms with Crippen LogP contribution < -0.4 is 0 Å². The predicted molar refractivity (Wildman–Crippen MR) is 162 cm³/mol. The maximum Gasteiger partial charge on any atom is 0.304 e. The van der Waals surface area contributed by atoms with E-state index in [-0.39, 0.29) is 12.8 Å². The van der Waals surface area contributed by atoms with Gasteiger partial charge in [-0.1, -0.05) is 117 Å². The molecule has 0 unspecified atom stereocenters. The SMILES string of the molecule is CCCCCCCCCCCC(O)O.CCCCCCCCCCCC(O)O.O=C(O)CCSCCC(=O)O. The minimum absolute atomic E-state index is 0.101. The number of rotatable bonds is 26. The predicted octanol–water partition coefficient (Wildman–Crippen LogP) is 7.11. The molecule has 0 aromatic heterocycles. The van der Waals surface area contributed by atoms with E-state index in [9.17, 15) is 9.59 Å². The van der Waals surface area contributed by atoms with Crippen molar-refractivity contribution >= 4 is 23.7 Å². The molecule has 0 heterocycles. The van der Waals surface area contributed by atoms with Gasteiger partial charge in [-0.3, -0.25) is 9.59 Å². The van der Waals surface area contributed by atoms with Crippen LogP contribution in [0.25, 0.3) is 0 Å². The number of aliphatic hydroxyl groups excluding tert-OH is 2. The van der Waals surface area contributed by atoms with Crippen LogP contribution >= 0.6 is 11.8 Å². The molecule has 0 amide bonds. The number of hydrogen-bond donors (Lipinski definition) is 6. The van der Waals surface area contributed by atoms with Gasteiger partial charge < -0.3 is 30.6 Å². The van der Waals surface area contributed by atoms with Crippen LogP contribution in [0.4, 0.5) is 0 Å². The maximum absolute atomic E-state index is 9.97. The zero-order chi connectivity index (χ0) is 30.0. The number of aliphatic carboxylic acids is 2. The van der Waals surface area contributed by atoms with Gasteiger partial charge in [0.2, 0.25) is 0 Å². The molecular formula is C30H62O8S. The molecule has 0 fully saturated rings. The molecule has 39 heavy (non-hydrogen) atoms. The molecule has 6 N–H and O–H groups in total. The molecule has 0 saturated carbocycles. The molecule has 236 valence electrons. The quantitative estimate of drug-likeness (QED) is 0.0462. The Morgan fingerprint density at radius 3 is 0.974 bits per heavy atom. The van der Waals surface area contributed by atoms with E-state index in [1.54, 1.807) is 0 Å². The first kappa shape index (κ1) is 42.6. The highest BCUT2D eigenvalue weighted by Crippen LogP contribution is 2.12. The summed E-state index contributed by atoms with van der Waals surface area (Å²) in [5.41, 5.74) is 0. The smallest absolute Gasteiger partial charge is 0.304 e. The summed E-state index contributed by atoms with van der Waals surface area (Å²) in [6, 6.07) is 0. The van der Waals surface area contributed by atoms with Gasteiger partial charge in [-0.25, -0.2) is 0 Å². The molecule has 0 saturated heterocycles. The van der Waals surface area contributed by atoms with Crippen molar-refractivity contribution in [2.45, 2.75) is 168 Å². The van der Waals surface area contributed by atoms with Crippen molar-refractivity contribution in [3.8, 4) is 0 Å². The van der Waals surface area contributed by atoms with Gasteiger partial charge in [-0.05, 0) is 25.7 Å². The third kappa shape index (κ3) is 54.0. The van der Waals surface area contributed by atoms with Gasteiger partial charge >= 0.3 is 11.9 Å². The number of unbranched alkanes of at least 4 members (excludes halogenated alkanes) is 16. The summed E-state index contributed by atoms with van der Waals surface area (Å²) < 4.78 is 0. The van der Waals surface area contributed by atoms with E-state index in [0.29, 0.717) is 24.3 Å². The Hall–Kier alpha value is -0.870. The summed E-state index contributed by atoms with van der Waals surface area (Å²) in [5, 5.41) is 50.8. The van der Waals surface area contributed by atoms with Crippen LogP contribution in [-0.2, 0) is 9.59 Å². The molecule has 0 aromatic carbocycles. The molecule has 0 aliphatic carbocycles. The van der Waals surface area contributed by atoms with Crippen LogP contribution in [0.1, 0.15) is 155 Å². The summed E-state index contributed by atoms with van der Waals surface area (Å²) in [5.74, 6) is -0.703. The lowest BCUT2D eigenvalue weighted by Crippen LogP contribution is -2.02. The Bertz CT molecular complexity index is 448. The van der Waals surface area contributed by atoms with Crippen molar-refractivity contribution in [1.82, 2.24) is 0 Å². The Morgan fingerprint density at radius 1 is 0.487 bits per heavy atom. The highest BCUT2D eigenvalue weighted by molar-refractivity contribution is 7.99. The fraction of sp³-hybridized carbons (Fsp3) is 0.933. The third-order valence-electron chi connectivity index (χ3n) is 6.05. The van der Waals surface area contributed by atoms with Crippen LogP contribution in [0.5, 0.6) is 0 Å². The van der Waals surface area contributed by atoms with Crippen molar-refractivity contribution in [1.29, 1.82) is 0 Å². The molecule has 0 rings (SSSR count). The molecule has 0 radical (unpaired) electrons. The van der Waals surface area contributed by atoms with E-state index in [1.807, 2.05) is 0 Å². The number of carbonyl (C=O) groups is 2. The third-order valence-corrected chi connectivity index (χ3v) is 7.04. The average molecular weight is 583 g/mol. The van der Waals surface area contributed by atoms with E-state index in [4.69, 9.17) is 30.6 Å². The van der Waals surface area contributed by atoms with Crippen molar-refractivity contribution in [3.05, 3.63) is 0 Å². The van der Waals surface area contributed by atoms with E-state index in [2.05, 4.69) is 13.8 Å². The van der Waals surface area contributed by atoms with Crippen molar-refractivity contribution in [2.75, 3.05) is 11.5 Å². The summed E-state index contributed by atoms with van der Waals surface area (Å²) in [7, 11) is 0. The lowest BCUT2D eigenvalue weighted by molar-refractivity contribution is -0.137. The molecule has 9 heteroatoms. The fourth-order valence-electron chi connectivity index (χ4n) is 3.70. The summed E-state index contributed by atoms with van der Waals surface area (Å²) in [4.78, 5) is 19.9. The van der Waals surface area contributed by atoms with E-state index in [1.165, 1.54) is 102 Å². The lowest BCUT2D eigenvalue weighted by atomic mass is 10.1. The van der Waals surface area contributed by atoms with E-state index in [0.717, 1.165) is 25.7 Å². The van der Waals surface area contributed by atoms with Gasteiger partial charge in [0.1, 0.15) is 0 Å². The number of carboxylic acids is 2. The van der Waals surface area contributed by atoms with Gasteiger partial charge in [0.15, 0.2) is 12.6 Å². The van der Waals surface area contributed by atoms with Crippen molar-refractivity contribution in [3.63, 3.8) is 0 Å². The van der Waals surface area contributed by atoms with Crippen LogP contribution in [0.3, 0.4) is 0 Å². The second-order valence-electron chi connectivity index (χ2n) is 10.1. The van der Waals surface area contributed by atoms with E-state index >= 15 is 0 Å². The Labute approximate surface area is 243 Å². The molecule has 0 aromatic rings. The molecule has 0 aliphatic rings. The minimum Gasteiger partial charge on any atom is -0.481 e. The normalized spacial score (nSPS) is 10.7. The maximum atomic E-state index is 9.97. The van der Waals surface area contributed by atoms with Crippen LogP contribution in [0.15, 0.2) is 0 Å². The summed E-state index contributed by atoms with van der Waals surface area (Å²) in [6.45, 7) is 4.47. The average Bonchev–Trinajstić information content (AvgIpc) is 2.86. The van der Waals surface area contributed by atoms with Gasteiger partial charge in [-0.15, -0.1) is 0 Å². The number of aliphatic hydroxyl groups is 4. The standard InChI is InChI=1S/2C12H26O2.C6H10O4S/c2*1-2-3-4-5-6-7-8-9-10-11-12(13)14;7-5(8)1-3-11-4-2-6(9)10/h2*12-14H,2-11H2,1H3;1-4H2,(H,7,8)(H,9,10). The van der Waals surface area contributed by atoms with E-state index < -0.39 is 24.5 Å². The van der Waals surface area contributed by atoms with Crippen LogP contribution in [-0.4, -0.2) is 66.7 Å². The molecule has 0 spiro atoms. The van der Waals surface area contributed by atoms with Gasteiger partial charge in [-0.2, -0.15) is 11.8 Å². The summed E-state index contributed by atoms with van der Waals surface area (Å²) in [6.07, 6.45) is 22.0. The minimum atomic E-state index is -1.10. The largest absolute Gasteiger partial charge is 0.481 e. The molecule has 0 aliphatic heterocycles. The van der Waals surface area contributed by atoms with Crippen LogP contribution in [0, 0.1) is 0 Å². The van der Waals surface area contributed by atoms with Gasteiger partial charge in [0, 0.05) is 11.5 Å². The molecule has 8 nitrogen and oxygen atoms in total. The fourth-order valence-corrected chi connectivity index (χ4v) is 4.54. The zero-order valence-electron chi connectivity index (χ0n) is 25.0. The first-order chi connectivity index (χ1) is 18.7. The Morgan fingerprint density at radius 2 is 0.744 bits per heavy atom. The molecule has 0 atom stereocenters. The lowest BCUT2D eigenvalue weighted by Gasteiger charge is -2.03. The van der Waals surface area contributed by atoms with Crippen molar-refractivity contribution < 1.29 is 40.2 Å². The second kappa shape index (κ2) is 37.1. The Balaban J connectivity index is -0.000000503. The first-order valence-corrected chi connectivity index (χ1v) is 16.6. The van der Waals surface area contributed by atoms with Crippen molar-refractivity contribution in [2.24, 2.45) is 0 Å². The highest BCUT2D eigenvalue weighted by Gasteiger charge is 1.99. The Kier molecular flexibility index (Phi) is 40.6. The number of hydrogen-bond acceptors (Lipinski definition) is 7. The number of thioether (sulfide) groups is 1. The van der Waals surface area contributed by atoms with Gasteiger partial charge in [0.25, 0.3) is 0 Å². The van der Waals surface area contributed by atoms with Gasteiger partial charge in [0.05, 0.1) is 12.8 Å². The molecule has 0 bridgehead atoms. The monoisotopic (exact) mass is 582 g/mol. The van der Waals surface area contributed by atoms with Crippen LogP contribution in [0.2, 0.25) is 0 Å². The first-order valence-electron chi connectivity index (χ1n) is 15.4. The zero-order valence-corrected chi connectivity index (χ0v) is 25.8. The highest BCUT2D eigenvalue weighted by atomic mass is 32.2. The molecular weight excluding hydrogens is 520 g/mol.